The molecule has 0 aliphatic heterocycles. The zero-order chi connectivity index (χ0) is 22.2. The minimum atomic E-state index is -0.0554. The van der Waals surface area contributed by atoms with Crippen LogP contribution in [0.5, 0.6) is 5.75 Å². The summed E-state index contributed by atoms with van der Waals surface area (Å²) in [5.41, 5.74) is 6.60. The standard InChI is InChI=1S/C28H32N2O2/c1-4-30(5-2)28(31)20-14-19(13-18-9-11-22(32-3)12-10-18)24-16-21-17-29-26-8-6-7-23(27(21)26)25(24)15-20/h6-12,15,17,19-20,24,29H,4-5,13-14,16H2,1-3H3/t19?,20-,24-/m0/s1. The van der Waals surface area contributed by atoms with E-state index in [9.17, 15) is 4.79 Å². The number of fused-ring (bicyclic) bond motifs is 2. The highest BCUT2D eigenvalue weighted by atomic mass is 16.5. The normalized spacial score (nSPS) is 21.7. The van der Waals surface area contributed by atoms with Gasteiger partial charge in [0.2, 0.25) is 5.91 Å². The van der Waals surface area contributed by atoms with Crippen molar-refractivity contribution in [1.29, 1.82) is 0 Å². The Hall–Kier alpha value is -3.01. The average Bonchev–Trinajstić information content (AvgIpc) is 3.25. The Morgan fingerprint density at radius 2 is 1.91 bits per heavy atom. The van der Waals surface area contributed by atoms with Crippen LogP contribution in [-0.4, -0.2) is 36.0 Å². The molecule has 1 amide bonds. The third-order valence-electron chi connectivity index (χ3n) is 7.49. The molecular formula is C28H32N2O2. The van der Waals surface area contributed by atoms with Crippen molar-refractivity contribution < 1.29 is 9.53 Å². The molecule has 1 unspecified atom stereocenters. The Bertz CT molecular complexity index is 1150. The fourth-order valence-corrected chi connectivity index (χ4v) is 5.84. The molecule has 0 spiro atoms. The number of hydrogen-bond acceptors (Lipinski definition) is 2. The van der Waals surface area contributed by atoms with E-state index >= 15 is 0 Å². The summed E-state index contributed by atoms with van der Waals surface area (Å²) < 4.78 is 5.34. The predicted molar refractivity (Wildman–Crippen MR) is 130 cm³/mol. The Morgan fingerprint density at radius 1 is 1.12 bits per heavy atom. The number of allylic oxidation sites excluding steroid dienone is 1. The van der Waals surface area contributed by atoms with Crippen LogP contribution in [0.15, 0.2) is 54.7 Å². The van der Waals surface area contributed by atoms with Crippen molar-refractivity contribution >= 4 is 22.4 Å². The van der Waals surface area contributed by atoms with Gasteiger partial charge in [-0.3, -0.25) is 4.79 Å². The van der Waals surface area contributed by atoms with Crippen LogP contribution in [0.4, 0.5) is 0 Å². The molecule has 1 N–H and O–H groups in total. The summed E-state index contributed by atoms with van der Waals surface area (Å²) >= 11 is 0. The highest BCUT2D eigenvalue weighted by Crippen LogP contribution is 2.48. The zero-order valence-electron chi connectivity index (χ0n) is 19.2. The lowest BCUT2D eigenvalue weighted by Gasteiger charge is -2.40. The van der Waals surface area contributed by atoms with Crippen molar-refractivity contribution in [1.82, 2.24) is 9.88 Å². The van der Waals surface area contributed by atoms with Crippen LogP contribution in [0.2, 0.25) is 0 Å². The van der Waals surface area contributed by atoms with E-state index in [1.807, 2.05) is 17.0 Å². The van der Waals surface area contributed by atoms with E-state index in [2.05, 4.69) is 61.4 Å². The number of ether oxygens (including phenoxy) is 1. The number of nitrogens with zero attached hydrogens (tertiary/aromatic N) is 1. The van der Waals surface area contributed by atoms with E-state index < -0.39 is 0 Å². The first-order valence-electron chi connectivity index (χ1n) is 11.9. The molecule has 0 fully saturated rings. The van der Waals surface area contributed by atoms with Crippen LogP contribution >= 0.6 is 0 Å². The summed E-state index contributed by atoms with van der Waals surface area (Å²) in [6.07, 6.45) is 7.41. The molecule has 1 heterocycles. The number of benzene rings is 2. The minimum absolute atomic E-state index is 0.0554. The molecule has 166 valence electrons. The monoisotopic (exact) mass is 428 g/mol. The van der Waals surface area contributed by atoms with Crippen molar-refractivity contribution in [2.45, 2.75) is 33.1 Å². The number of nitrogens with one attached hydrogen (secondary N) is 1. The quantitative estimate of drug-likeness (QED) is 0.565. The van der Waals surface area contributed by atoms with Gasteiger partial charge in [0.1, 0.15) is 5.75 Å². The number of H-pyrrole nitrogens is 1. The van der Waals surface area contributed by atoms with Gasteiger partial charge in [-0.05, 0) is 85.4 Å². The van der Waals surface area contributed by atoms with Crippen LogP contribution < -0.4 is 4.74 Å². The highest BCUT2D eigenvalue weighted by Gasteiger charge is 2.39. The van der Waals surface area contributed by atoms with Gasteiger partial charge in [-0.25, -0.2) is 0 Å². The van der Waals surface area contributed by atoms with E-state index in [4.69, 9.17) is 4.74 Å². The van der Waals surface area contributed by atoms with Crippen molar-refractivity contribution in [3.8, 4) is 5.75 Å². The van der Waals surface area contributed by atoms with E-state index in [0.717, 1.165) is 38.1 Å². The van der Waals surface area contributed by atoms with Gasteiger partial charge in [0, 0.05) is 30.2 Å². The largest absolute Gasteiger partial charge is 0.497 e. The number of aromatic nitrogens is 1. The van der Waals surface area contributed by atoms with E-state index in [1.165, 1.54) is 33.2 Å². The Labute approximate surface area is 190 Å². The first kappa shape index (κ1) is 20.9. The molecule has 1 aromatic heterocycles. The highest BCUT2D eigenvalue weighted by molar-refractivity contribution is 5.98. The maximum Gasteiger partial charge on any atom is 0.229 e. The predicted octanol–water partition coefficient (Wildman–Crippen LogP) is 5.48. The summed E-state index contributed by atoms with van der Waals surface area (Å²) in [5, 5.41) is 1.34. The smallest absolute Gasteiger partial charge is 0.229 e. The van der Waals surface area contributed by atoms with E-state index in [1.54, 1.807) is 7.11 Å². The van der Waals surface area contributed by atoms with E-state index in [0.29, 0.717) is 11.8 Å². The lowest BCUT2D eigenvalue weighted by Crippen LogP contribution is -2.39. The molecule has 3 atom stereocenters. The fourth-order valence-electron chi connectivity index (χ4n) is 5.84. The molecule has 2 aliphatic rings. The van der Waals surface area contributed by atoms with Gasteiger partial charge in [-0.1, -0.05) is 30.3 Å². The van der Waals surface area contributed by atoms with Crippen LogP contribution in [0.3, 0.4) is 0 Å². The van der Waals surface area contributed by atoms with Gasteiger partial charge in [-0.15, -0.1) is 0 Å². The number of carbonyl (C=O) groups is 1. The molecule has 5 rings (SSSR count). The van der Waals surface area contributed by atoms with Gasteiger partial charge in [0.25, 0.3) is 0 Å². The van der Waals surface area contributed by atoms with Crippen LogP contribution in [0, 0.1) is 17.8 Å². The SMILES string of the molecule is CCN(CC)C(=O)[C@@H]1C=C2c3cccc4[nH]cc(c34)C[C@H]2C(Cc2ccc(OC)cc2)C1. The van der Waals surface area contributed by atoms with Crippen molar-refractivity contribution in [2.24, 2.45) is 17.8 Å². The summed E-state index contributed by atoms with van der Waals surface area (Å²) in [5.74, 6) is 1.96. The average molecular weight is 429 g/mol. The third-order valence-corrected chi connectivity index (χ3v) is 7.49. The Morgan fingerprint density at radius 3 is 2.62 bits per heavy atom. The van der Waals surface area contributed by atoms with Crippen molar-refractivity contribution in [3.63, 3.8) is 0 Å². The van der Waals surface area contributed by atoms with E-state index in [-0.39, 0.29) is 11.8 Å². The zero-order valence-corrected chi connectivity index (χ0v) is 19.2. The molecule has 4 heteroatoms. The van der Waals surface area contributed by atoms with Crippen LogP contribution in [0.25, 0.3) is 16.5 Å². The topological polar surface area (TPSA) is 45.3 Å². The van der Waals surface area contributed by atoms with Gasteiger partial charge in [0.05, 0.1) is 13.0 Å². The molecule has 2 aromatic carbocycles. The summed E-state index contributed by atoms with van der Waals surface area (Å²) in [6.45, 7) is 5.67. The number of amides is 1. The number of rotatable bonds is 6. The lowest BCUT2D eigenvalue weighted by atomic mass is 9.65. The number of aromatic amines is 1. The summed E-state index contributed by atoms with van der Waals surface area (Å²) in [4.78, 5) is 18.9. The molecule has 0 saturated heterocycles. The Balaban J connectivity index is 1.55. The van der Waals surface area contributed by atoms with Crippen LogP contribution in [0.1, 0.15) is 37.0 Å². The third kappa shape index (κ3) is 3.52. The maximum atomic E-state index is 13.4. The van der Waals surface area contributed by atoms with Crippen molar-refractivity contribution in [2.75, 3.05) is 20.2 Å². The van der Waals surface area contributed by atoms with Crippen LogP contribution in [-0.2, 0) is 17.6 Å². The van der Waals surface area contributed by atoms with Gasteiger partial charge in [0.15, 0.2) is 0 Å². The first-order chi connectivity index (χ1) is 15.6. The van der Waals surface area contributed by atoms with Gasteiger partial charge in [-0.2, -0.15) is 0 Å². The lowest BCUT2D eigenvalue weighted by molar-refractivity contribution is -0.134. The Kier molecular flexibility index (Phi) is 5.54. The first-order valence-corrected chi connectivity index (χ1v) is 11.9. The van der Waals surface area contributed by atoms with Gasteiger partial charge >= 0.3 is 0 Å². The fraction of sp³-hybridized carbons (Fsp3) is 0.393. The second-order valence-electron chi connectivity index (χ2n) is 9.14. The molecule has 3 aromatic rings. The molecule has 4 nitrogen and oxygen atoms in total. The molecule has 32 heavy (non-hydrogen) atoms. The molecule has 0 saturated carbocycles. The molecular weight excluding hydrogens is 396 g/mol. The number of carbonyl (C=O) groups excluding carboxylic acids is 1. The van der Waals surface area contributed by atoms with Gasteiger partial charge < -0.3 is 14.6 Å². The summed E-state index contributed by atoms with van der Waals surface area (Å²) in [6, 6.07) is 15.0. The maximum absolute atomic E-state index is 13.4. The second kappa shape index (κ2) is 8.50. The van der Waals surface area contributed by atoms with Crippen molar-refractivity contribution in [3.05, 3.63) is 71.4 Å². The molecule has 0 radical (unpaired) electrons. The number of methoxy groups -OCH3 is 1. The second-order valence-corrected chi connectivity index (χ2v) is 9.14. The molecule has 0 bridgehead atoms. The molecule has 2 aliphatic carbocycles. The number of hydrogen-bond donors (Lipinski definition) is 1. The minimum Gasteiger partial charge on any atom is -0.497 e. The summed E-state index contributed by atoms with van der Waals surface area (Å²) in [7, 11) is 1.70.